The first-order chi connectivity index (χ1) is 39.6. The maximum Gasteiger partial charge on any atom is 0.409 e. The number of pyridine rings is 1. The normalized spacial score (nSPS) is 23.4. The van der Waals surface area contributed by atoms with Gasteiger partial charge in [-0.25, -0.2) is 13.6 Å². The molecule has 5 fully saturated rings. The average Bonchev–Trinajstić information content (AvgIpc) is 2.47. The van der Waals surface area contributed by atoms with Gasteiger partial charge in [-0.1, -0.05) is 62.0 Å². The summed E-state index contributed by atoms with van der Waals surface area (Å²) in [7, 11) is 1.72. The van der Waals surface area contributed by atoms with E-state index >= 15 is 8.78 Å². The molecule has 0 radical (unpaired) electrons. The highest BCUT2D eigenvalue weighted by molar-refractivity contribution is 6.16. The van der Waals surface area contributed by atoms with Crippen LogP contribution in [-0.2, 0) is 19.1 Å². The summed E-state index contributed by atoms with van der Waals surface area (Å²) in [4.78, 5) is 97.9. The predicted molar refractivity (Wildman–Crippen MR) is 302 cm³/mol. The Hall–Kier alpha value is -7.89. The van der Waals surface area contributed by atoms with Crippen molar-refractivity contribution in [3.63, 3.8) is 0 Å². The van der Waals surface area contributed by atoms with Crippen LogP contribution in [0.2, 0.25) is 0 Å². The Balaban J connectivity index is 0.662. The zero-order valence-electron chi connectivity index (χ0n) is 46.0. The summed E-state index contributed by atoms with van der Waals surface area (Å²) in [6.45, 7) is 7.06. The van der Waals surface area contributed by atoms with E-state index in [1.54, 1.807) is 30.1 Å². The molecule has 2 aromatic heterocycles. The minimum atomic E-state index is -0.798. The Bertz CT molecular complexity index is 3470. The molecule has 0 saturated carbocycles. The van der Waals surface area contributed by atoms with Crippen molar-refractivity contribution in [2.75, 3.05) is 56.7 Å². The zero-order valence-corrected chi connectivity index (χ0v) is 46.0. The second-order valence-corrected chi connectivity index (χ2v) is 23.1. The Morgan fingerprint density at radius 1 is 0.951 bits per heavy atom. The van der Waals surface area contributed by atoms with Crippen LogP contribution in [0.5, 0.6) is 11.8 Å². The SMILES string of the molecule is C#Cc1c(F)ccc2cc(O)cc(-c3ncc4c(N5CC6CCC(C5)N6)nc(OCC56CCC(COC(=O)N(C)CCCCCCCCC(=O)Nc7cccc8c7C(=O)CCC(C7CCC(=O)NC7=O)C8=O)N5CC(=C)C6)nc4c3F)c12. The van der Waals surface area contributed by atoms with Crippen LogP contribution < -0.4 is 25.6 Å². The van der Waals surface area contributed by atoms with Gasteiger partial charge in [-0.05, 0) is 87.4 Å². The van der Waals surface area contributed by atoms with Crippen molar-refractivity contribution in [3.8, 4) is 35.4 Å². The van der Waals surface area contributed by atoms with E-state index in [4.69, 9.17) is 25.9 Å². The number of terminal acetylenes is 1. The Kier molecular flexibility index (Phi) is 16.1. The molecule has 4 N–H and O–H groups in total. The number of carbonyl (C=O) groups is 6. The second-order valence-electron chi connectivity index (χ2n) is 23.1. The molecule has 6 atom stereocenters. The van der Waals surface area contributed by atoms with Crippen LogP contribution in [0.4, 0.5) is 25.1 Å². The van der Waals surface area contributed by atoms with Gasteiger partial charge in [0.1, 0.15) is 41.8 Å². The van der Waals surface area contributed by atoms with Crippen molar-refractivity contribution in [3.05, 3.63) is 89.1 Å². The molecule has 5 aromatic rings. The summed E-state index contributed by atoms with van der Waals surface area (Å²) >= 11 is 0. The summed E-state index contributed by atoms with van der Waals surface area (Å²) < 4.78 is 44.8. The van der Waals surface area contributed by atoms with E-state index in [0.717, 1.165) is 63.4 Å². The zero-order chi connectivity index (χ0) is 57.4. The monoisotopic (exact) mass is 1120 g/mol. The van der Waals surface area contributed by atoms with Gasteiger partial charge < -0.3 is 35.0 Å². The van der Waals surface area contributed by atoms with E-state index < -0.39 is 41.0 Å². The van der Waals surface area contributed by atoms with Crippen LogP contribution in [0.1, 0.15) is 129 Å². The number of aromatic hydroxyl groups is 1. The van der Waals surface area contributed by atoms with Crippen LogP contribution in [0.15, 0.2) is 60.8 Å². The van der Waals surface area contributed by atoms with Gasteiger partial charge in [-0.15, -0.1) is 6.42 Å². The van der Waals surface area contributed by atoms with E-state index in [2.05, 4.69) is 43.2 Å². The molecular formula is C62H67F2N9O9. The average molecular weight is 1120 g/mol. The number of nitrogens with zero attached hydrogens (tertiary/aromatic N) is 6. The Labute approximate surface area is 473 Å². The van der Waals surface area contributed by atoms with E-state index in [0.29, 0.717) is 55.6 Å². The fraction of sp³-hybridized carbons (Fsp3) is 0.468. The number of halogens is 2. The van der Waals surface area contributed by atoms with Gasteiger partial charge in [0.25, 0.3) is 0 Å². The van der Waals surface area contributed by atoms with E-state index in [-0.39, 0.29) is 143 Å². The molecule has 3 aromatic carbocycles. The Morgan fingerprint density at radius 2 is 1.72 bits per heavy atom. The number of ether oxygens (including phenoxy) is 2. The number of ketones is 2. The summed E-state index contributed by atoms with van der Waals surface area (Å²) in [6, 6.07) is 10.6. The third kappa shape index (κ3) is 11.2. The molecule has 6 aliphatic rings. The number of nitrogens with one attached hydrogen (secondary N) is 3. The van der Waals surface area contributed by atoms with Gasteiger partial charge in [0, 0.05) is 105 Å². The molecule has 428 valence electrons. The highest BCUT2D eigenvalue weighted by Crippen LogP contribution is 2.46. The molecule has 5 aliphatic heterocycles. The van der Waals surface area contributed by atoms with E-state index in [1.807, 2.05) is 0 Å². The smallest absolute Gasteiger partial charge is 0.409 e. The summed E-state index contributed by atoms with van der Waals surface area (Å²) in [5.41, 5.74) is 0.999. The first-order valence-corrected chi connectivity index (χ1v) is 28.7. The highest BCUT2D eigenvalue weighted by Gasteiger charge is 2.52. The molecule has 18 nitrogen and oxygen atoms in total. The van der Waals surface area contributed by atoms with Crippen molar-refractivity contribution in [2.45, 2.75) is 126 Å². The number of hydrogen-bond acceptors (Lipinski definition) is 15. The Morgan fingerprint density at radius 3 is 2.50 bits per heavy atom. The number of Topliss-reactive ketones (excluding diaryl/α,β-unsaturated/α-hetero) is 2. The summed E-state index contributed by atoms with van der Waals surface area (Å²) in [5, 5.41) is 20.6. The fourth-order valence-electron chi connectivity index (χ4n) is 13.5. The largest absolute Gasteiger partial charge is 0.508 e. The van der Waals surface area contributed by atoms with Gasteiger partial charge >= 0.3 is 12.1 Å². The van der Waals surface area contributed by atoms with E-state index in [1.165, 1.54) is 30.5 Å². The van der Waals surface area contributed by atoms with Crippen LogP contribution in [0.3, 0.4) is 0 Å². The standard InChI is InChI=1S/C62H67F2N9O9/c1-4-41-47(63)20-15-36-26-40(74)27-45(52(36)41)55-54(64)56-46(29-65-55)58(72-31-37-16-17-38(32-72)66-37)70-60(69-56)82-34-62-24-23-39(73(62)30-35(2)28-62)33-81-61(80)71(3)25-10-8-6-5-7-9-14-50(76)67-48-13-11-12-44-53(48)49(75)21-18-42(57(44)78)43-19-22-51(77)68-59(43)79/h1,11-13,15,20,26-27,29,37-39,42-43,66,74H,2,5-10,14,16-19,21-25,28,30-34H2,3H3,(H,67,76)(H,68,77,79). The molecule has 6 unspecified atom stereocenters. The maximum atomic E-state index is 17.3. The van der Waals surface area contributed by atoms with Crippen molar-refractivity contribution in [2.24, 2.45) is 11.8 Å². The lowest BCUT2D eigenvalue weighted by atomic mass is 9.79. The minimum absolute atomic E-state index is 0.0189. The van der Waals surface area contributed by atoms with Crippen molar-refractivity contribution in [1.82, 2.24) is 35.4 Å². The summed E-state index contributed by atoms with van der Waals surface area (Å²) in [6.07, 6.45) is 16.8. The van der Waals surface area contributed by atoms with Crippen molar-refractivity contribution >= 4 is 68.6 Å². The highest BCUT2D eigenvalue weighted by atomic mass is 19.1. The third-order valence-corrected chi connectivity index (χ3v) is 17.6. The van der Waals surface area contributed by atoms with Crippen molar-refractivity contribution in [1.29, 1.82) is 0 Å². The van der Waals surface area contributed by atoms with Crippen LogP contribution >= 0.6 is 0 Å². The number of fused-ring (bicyclic) bond motifs is 6. The van der Waals surface area contributed by atoms with Gasteiger partial charge in [0.05, 0.1) is 27.7 Å². The van der Waals surface area contributed by atoms with E-state index in [9.17, 15) is 33.9 Å². The minimum Gasteiger partial charge on any atom is -0.508 e. The first kappa shape index (κ1) is 56.0. The maximum absolute atomic E-state index is 17.3. The van der Waals surface area contributed by atoms with Gasteiger partial charge in [0.15, 0.2) is 17.4 Å². The predicted octanol–water partition coefficient (Wildman–Crippen LogP) is 8.56. The van der Waals surface area contributed by atoms with Gasteiger partial charge in [0.2, 0.25) is 17.7 Å². The third-order valence-electron chi connectivity index (χ3n) is 17.6. The lowest BCUT2D eigenvalue weighted by Crippen LogP contribution is -2.51. The quantitative estimate of drug-likeness (QED) is 0.0212. The number of piperidine rings is 1. The number of aromatic nitrogens is 3. The molecule has 2 bridgehead atoms. The lowest BCUT2D eigenvalue weighted by molar-refractivity contribution is -0.137. The molecule has 4 amide bonds. The summed E-state index contributed by atoms with van der Waals surface area (Å²) in [5.74, 6) is -1.89. The van der Waals surface area contributed by atoms with Crippen molar-refractivity contribution < 1.29 is 52.1 Å². The molecule has 0 spiro atoms. The number of hydrogen-bond donors (Lipinski definition) is 4. The number of phenolic OH excluding ortho intramolecular Hbond substituents is 1. The molecule has 7 heterocycles. The molecule has 11 rings (SSSR count). The number of benzene rings is 3. The molecule has 82 heavy (non-hydrogen) atoms. The molecular weight excluding hydrogens is 1050 g/mol. The van der Waals surface area contributed by atoms with Gasteiger partial charge in [-0.3, -0.25) is 39.2 Å². The number of unbranched alkanes of at least 4 members (excludes halogenated alkanes) is 5. The lowest BCUT2D eigenvalue weighted by Gasteiger charge is -2.35. The van der Waals surface area contributed by atoms with Crippen LogP contribution in [-0.4, -0.2) is 135 Å². The second kappa shape index (κ2) is 23.5. The number of anilines is 2. The van der Waals surface area contributed by atoms with Gasteiger partial charge in [-0.2, -0.15) is 9.97 Å². The number of phenols is 1. The van der Waals surface area contributed by atoms with Crippen LogP contribution in [0.25, 0.3) is 32.9 Å². The number of piperazine rings is 1. The molecule has 1 aliphatic carbocycles. The number of rotatable bonds is 18. The fourth-order valence-corrected chi connectivity index (χ4v) is 13.5. The number of imide groups is 1. The van der Waals surface area contributed by atoms with Crippen LogP contribution in [0, 0.1) is 35.8 Å². The molecule has 5 saturated heterocycles. The number of carbonyl (C=O) groups excluding carboxylic acids is 6. The topological polar surface area (TPSA) is 226 Å². The first-order valence-electron chi connectivity index (χ1n) is 28.7. The molecule has 20 heteroatoms. The number of amides is 4.